The number of sulfone groups is 1. The molecule has 0 aliphatic carbocycles. The van der Waals surface area contributed by atoms with Gasteiger partial charge in [-0.2, -0.15) is 13.2 Å². The summed E-state index contributed by atoms with van der Waals surface area (Å²) in [6, 6.07) is 0. The SMILES string of the molecule is O=S1(=O)CCC(C(CCl)CCCOCC(F)(F)F)C1. The van der Waals surface area contributed by atoms with Crippen molar-refractivity contribution in [3.05, 3.63) is 0 Å². The van der Waals surface area contributed by atoms with Gasteiger partial charge in [0.15, 0.2) is 9.84 Å². The van der Waals surface area contributed by atoms with Crippen molar-refractivity contribution in [2.45, 2.75) is 25.4 Å². The van der Waals surface area contributed by atoms with Crippen molar-refractivity contribution in [2.24, 2.45) is 11.8 Å². The third-order valence-electron chi connectivity index (χ3n) is 3.26. The Kier molecular flexibility index (Phi) is 6.39. The zero-order valence-corrected chi connectivity index (χ0v) is 12.0. The lowest BCUT2D eigenvalue weighted by molar-refractivity contribution is -0.174. The molecule has 114 valence electrons. The number of alkyl halides is 4. The van der Waals surface area contributed by atoms with Gasteiger partial charge in [0, 0.05) is 12.5 Å². The zero-order valence-electron chi connectivity index (χ0n) is 10.5. The van der Waals surface area contributed by atoms with Gasteiger partial charge >= 0.3 is 6.18 Å². The van der Waals surface area contributed by atoms with E-state index in [0.29, 0.717) is 25.1 Å². The first-order valence-electron chi connectivity index (χ1n) is 6.14. The predicted octanol–water partition coefficient (Wildman–Crippen LogP) is 2.64. The lowest BCUT2D eigenvalue weighted by Gasteiger charge is -2.19. The van der Waals surface area contributed by atoms with Crippen molar-refractivity contribution in [2.75, 3.05) is 30.6 Å². The Morgan fingerprint density at radius 2 is 2.05 bits per heavy atom. The van der Waals surface area contributed by atoms with E-state index in [1.165, 1.54) is 0 Å². The molecule has 1 fully saturated rings. The Morgan fingerprint density at radius 3 is 2.53 bits per heavy atom. The molecule has 3 nitrogen and oxygen atoms in total. The molecule has 8 heteroatoms. The van der Waals surface area contributed by atoms with E-state index < -0.39 is 22.6 Å². The molecule has 2 unspecified atom stereocenters. The summed E-state index contributed by atoms with van der Waals surface area (Å²) >= 11 is 5.81. The number of hydrogen-bond donors (Lipinski definition) is 0. The third-order valence-corrected chi connectivity index (χ3v) is 5.45. The van der Waals surface area contributed by atoms with Crippen molar-refractivity contribution < 1.29 is 26.3 Å². The highest BCUT2D eigenvalue weighted by atomic mass is 35.5. The minimum absolute atomic E-state index is 0.0202. The van der Waals surface area contributed by atoms with E-state index in [9.17, 15) is 21.6 Å². The summed E-state index contributed by atoms with van der Waals surface area (Å²) in [7, 11) is -2.94. The molecular formula is C11H18ClF3O3S. The quantitative estimate of drug-likeness (QED) is 0.534. The van der Waals surface area contributed by atoms with Crippen LogP contribution in [0.2, 0.25) is 0 Å². The average Bonchev–Trinajstić information content (AvgIpc) is 2.62. The number of rotatable bonds is 7. The summed E-state index contributed by atoms with van der Waals surface area (Å²) in [5.41, 5.74) is 0. The van der Waals surface area contributed by atoms with Gasteiger partial charge < -0.3 is 4.74 Å². The summed E-state index contributed by atoms with van der Waals surface area (Å²) in [5, 5.41) is 0. The second kappa shape index (κ2) is 7.13. The molecule has 0 spiro atoms. The molecule has 0 saturated carbocycles. The summed E-state index contributed by atoms with van der Waals surface area (Å²) in [6.45, 7) is -1.22. The van der Waals surface area contributed by atoms with Crippen LogP contribution in [0.25, 0.3) is 0 Å². The molecule has 0 aromatic heterocycles. The minimum Gasteiger partial charge on any atom is -0.372 e. The zero-order chi connectivity index (χ0) is 14.5. The molecule has 0 aromatic carbocycles. The maximum atomic E-state index is 11.8. The smallest absolute Gasteiger partial charge is 0.372 e. The molecule has 0 aromatic rings. The van der Waals surface area contributed by atoms with Crippen LogP contribution in [-0.4, -0.2) is 45.2 Å². The molecule has 0 radical (unpaired) electrons. The Labute approximate surface area is 116 Å². The van der Waals surface area contributed by atoms with Crippen molar-refractivity contribution >= 4 is 21.4 Å². The molecule has 0 N–H and O–H groups in total. The summed E-state index contributed by atoms with van der Waals surface area (Å²) in [5.74, 6) is 0.738. The number of ether oxygens (including phenoxy) is 1. The Hall–Kier alpha value is -0.0100. The highest BCUT2D eigenvalue weighted by Crippen LogP contribution is 2.30. The van der Waals surface area contributed by atoms with E-state index in [1.807, 2.05) is 0 Å². The largest absolute Gasteiger partial charge is 0.411 e. The standard InChI is InChI=1S/C11H18ClF3O3S/c12-6-9(10-3-5-19(16,17)7-10)2-1-4-18-8-11(13,14)15/h9-10H,1-8H2. The summed E-state index contributed by atoms with van der Waals surface area (Å²) < 4.78 is 62.7. The van der Waals surface area contributed by atoms with Gasteiger partial charge in [-0.25, -0.2) is 8.42 Å². The van der Waals surface area contributed by atoms with Crippen LogP contribution < -0.4 is 0 Å². The van der Waals surface area contributed by atoms with Crippen LogP contribution in [0.3, 0.4) is 0 Å². The van der Waals surface area contributed by atoms with E-state index in [4.69, 9.17) is 11.6 Å². The molecule has 1 saturated heterocycles. The van der Waals surface area contributed by atoms with Gasteiger partial charge in [-0.1, -0.05) is 0 Å². The first-order valence-corrected chi connectivity index (χ1v) is 8.50. The molecule has 1 heterocycles. The topological polar surface area (TPSA) is 43.4 Å². The maximum Gasteiger partial charge on any atom is 0.411 e. The van der Waals surface area contributed by atoms with Gasteiger partial charge in [-0.15, -0.1) is 11.6 Å². The summed E-state index contributed by atoms with van der Waals surface area (Å²) in [4.78, 5) is 0. The van der Waals surface area contributed by atoms with Gasteiger partial charge in [-0.05, 0) is 31.1 Å². The van der Waals surface area contributed by atoms with Crippen molar-refractivity contribution in [1.82, 2.24) is 0 Å². The van der Waals surface area contributed by atoms with Gasteiger partial charge in [0.05, 0.1) is 11.5 Å². The van der Waals surface area contributed by atoms with Gasteiger partial charge in [0.25, 0.3) is 0 Å². The highest BCUT2D eigenvalue weighted by Gasteiger charge is 2.33. The Bertz CT molecular complexity index is 370. The van der Waals surface area contributed by atoms with E-state index >= 15 is 0 Å². The second-order valence-corrected chi connectivity index (χ2v) is 7.42. The van der Waals surface area contributed by atoms with Crippen LogP contribution in [0.15, 0.2) is 0 Å². The number of halogens is 4. The fourth-order valence-corrected chi connectivity index (χ4v) is 4.60. The van der Waals surface area contributed by atoms with E-state index in [-0.39, 0.29) is 29.9 Å². The van der Waals surface area contributed by atoms with Crippen molar-refractivity contribution in [3.63, 3.8) is 0 Å². The van der Waals surface area contributed by atoms with E-state index in [0.717, 1.165) is 0 Å². The third kappa shape index (κ3) is 6.81. The fourth-order valence-electron chi connectivity index (χ4n) is 2.27. The van der Waals surface area contributed by atoms with Crippen LogP contribution in [0.5, 0.6) is 0 Å². The molecule has 0 amide bonds. The monoisotopic (exact) mass is 322 g/mol. The number of hydrogen-bond acceptors (Lipinski definition) is 3. The molecule has 1 aliphatic rings. The van der Waals surface area contributed by atoms with Crippen LogP contribution in [0, 0.1) is 11.8 Å². The fraction of sp³-hybridized carbons (Fsp3) is 1.00. The lowest BCUT2D eigenvalue weighted by atomic mass is 9.89. The first kappa shape index (κ1) is 17.0. The van der Waals surface area contributed by atoms with Crippen molar-refractivity contribution in [1.29, 1.82) is 0 Å². The predicted molar refractivity (Wildman–Crippen MR) is 67.1 cm³/mol. The van der Waals surface area contributed by atoms with E-state index in [2.05, 4.69) is 4.74 Å². The Morgan fingerprint density at radius 1 is 1.37 bits per heavy atom. The maximum absolute atomic E-state index is 11.8. The molecule has 2 atom stereocenters. The van der Waals surface area contributed by atoms with Crippen LogP contribution >= 0.6 is 11.6 Å². The minimum atomic E-state index is -4.30. The van der Waals surface area contributed by atoms with Gasteiger partial charge in [-0.3, -0.25) is 0 Å². The van der Waals surface area contributed by atoms with Crippen molar-refractivity contribution in [3.8, 4) is 0 Å². The van der Waals surface area contributed by atoms with Gasteiger partial charge in [0.1, 0.15) is 6.61 Å². The van der Waals surface area contributed by atoms with E-state index in [1.54, 1.807) is 0 Å². The average molecular weight is 323 g/mol. The first-order chi connectivity index (χ1) is 8.73. The lowest BCUT2D eigenvalue weighted by Crippen LogP contribution is -2.20. The van der Waals surface area contributed by atoms with Crippen LogP contribution in [0.1, 0.15) is 19.3 Å². The van der Waals surface area contributed by atoms with Crippen LogP contribution in [-0.2, 0) is 14.6 Å². The molecule has 1 aliphatic heterocycles. The second-order valence-electron chi connectivity index (χ2n) is 4.89. The molecule has 0 bridgehead atoms. The Balaban J connectivity index is 2.23. The normalized spacial score (nSPS) is 24.5. The van der Waals surface area contributed by atoms with Crippen LogP contribution in [0.4, 0.5) is 13.2 Å². The molecule has 1 rings (SSSR count). The molecule has 19 heavy (non-hydrogen) atoms. The molecular weight excluding hydrogens is 305 g/mol. The highest BCUT2D eigenvalue weighted by molar-refractivity contribution is 7.91. The summed E-state index contributed by atoms with van der Waals surface area (Å²) in [6.07, 6.45) is -2.64. The van der Waals surface area contributed by atoms with Gasteiger partial charge in [0.2, 0.25) is 0 Å².